The fraction of sp³-hybridized carbons (Fsp3) is 0.222. The van der Waals surface area contributed by atoms with Crippen molar-refractivity contribution in [3.8, 4) is 11.5 Å². The lowest BCUT2D eigenvalue weighted by atomic mass is 9.98. The Balaban J connectivity index is 1.95. The summed E-state index contributed by atoms with van der Waals surface area (Å²) in [5.41, 5.74) is 2.50. The molecule has 1 aliphatic heterocycles. The van der Waals surface area contributed by atoms with E-state index >= 15 is 0 Å². The molecule has 6 nitrogen and oxygen atoms in total. The van der Waals surface area contributed by atoms with Gasteiger partial charge in [0.15, 0.2) is 11.5 Å². The van der Waals surface area contributed by atoms with E-state index in [1.165, 1.54) is 19.2 Å². The van der Waals surface area contributed by atoms with Crippen molar-refractivity contribution in [2.45, 2.75) is 12.5 Å². The summed E-state index contributed by atoms with van der Waals surface area (Å²) in [7, 11) is 2.81. The van der Waals surface area contributed by atoms with E-state index in [-0.39, 0.29) is 11.8 Å². The summed E-state index contributed by atoms with van der Waals surface area (Å²) in [6.07, 6.45) is -0.00790. The number of hydrazone groups is 1. The standard InChI is InChI=1S/C18H18N2O4/c1-23-17-9-8-13(10-16(17)21)15-11-14(12-6-4-3-5-7-12)19-20(15)18(22)24-2/h3-10,15,21H,11H2,1-2H3. The van der Waals surface area contributed by atoms with Gasteiger partial charge in [0.2, 0.25) is 0 Å². The summed E-state index contributed by atoms with van der Waals surface area (Å²) in [4.78, 5) is 12.1. The summed E-state index contributed by atoms with van der Waals surface area (Å²) < 4.78 is 9.90. The van der Waals surface area contributed by atoms with Crippen LogP contribution in [-0.2, 0) is 4.74 Å². The molecular weight excluding hydrogens is 308 g/mol. The van der Waals surface area contributed by atoms with Crippen LogP contribution in [0.3, 0.4) is 0 Å². The van der Waals surface area contributed by atoms with Crippen molar-refractivity contribution in [1.29, 1.82) is 0 Å². The van der Waals surface area contributed by atoms with Gasteiger partial charge in [-0.3, -0.25) is 0 Å². The number of phenolic OH excluding ortho intramolecular Hbond substituents is 1. The zero-order valence-corrected chi connectivity index (χ0v) is 13.5. The van der Waals surface area contributed by atoms with Crippen LogP contribution in [0.5, 0.6) is 11.5 Å². The SMILES string of the molecule is COC(=O)N1N=C(c2ccccc2)CC1c1ccc(OC)c(O)c1. The van der Waals surface area contributed by atoms with Gasteiger partial charge in [0.1, 0.15) is 0 Å². The third kappa shape index (κ3) is 2.90. The molecule has 24 heavy (non-hydrogen) atoms. The predicted molar refractivity (Wildman–Crippen MR) is 89.2 cm³/mol. The molecule has 0 spiro atoms. The van der Waals surface area contributed by atoms with E-state index in [4.69, 9.17) is 9.47 Å². The van der Waals surface area contributed by atoms with Crippen LogP contribution in [0.25, 0.3) is 0 Å². The van der Waals surface area contributed by atoms with Crippen molar-refractivity contribution in [2.75, 3.05) is 14.2 Å². The number of hydrogen-bond acceptors (Lipinski definition) is 5. The first kappa shape index (κ1) is 15.9. The molecule has 2 aromatic rings. The van der Waals surface area contributed by atoms with Gasteiger partial charge in [-0.15, -0.1) is 0 Å². The number of nitrogens with zero attached hydrogens (tertiary/aromatic N) is 2. The van der Waals surface area contributed by atoms with E-state index in [2.05, 4.69) is 5.10 Å². The second kappa shape index (κ2) is 6.62. The van der Waals surface area contributed by atoms with E-state index in [1.54, 1.807) is 12.1 Å². The van der Waals surface area contributed by atoms with Crippen molar-refractivity contribution >= 4 is 11.8 Å². The van der Waals surface area contributed by atoms with E-state index in [0.717, 1.165) is 16.8 Å². The zero-order chi connectivity index (χ0) is 17.1. The molecule has 1 heterocycles. The van der Waals surface area contributed by atoms with Gasteiger partial charge in [-0.25, -0.2) is 4.79 Å². The molecule has 124 valence electrons. The molecule has 2 aromatic carbocycles. The van der Waals surface area contributed by atoms with Crippen molar-refractivity contribution in [2.24, 2.45) is 5.10 Å². The topological polar surface area (TPSA) is 71.4 Å². The van der Waals surface area contributed by atoms with Crippen LogP contribution in [0, 0.1) is 0 Å². The monoisotopic (exact) mass is 326 g/mol. The highest BCUT2D eigenvalue weighted by molar-refractivity contribution is 6.02. The second-order valence-electron chi connectivity index (χ2n) is 5.38. The van der Waals surface area contributed by atoms with Crippen molar-refractivity contribution in [1.82, 2.24) is 5.01 Å². The van der Waals surface area contributed by atoms with Crippen molar-refractivity contribution < 1.29 is 19.4 Å². The van der Waals surface area contributed by atoms with Gasteiger partial charge in [-0.1, -0.05) is 36.4 Å². The van der Waals surface area contributed by atoms with Crippen LogP contribution < -0.4 is 4.74 Å². The summed E-state index contributed by atoms with van der Waals surface area (Å²) in [6, 6.07) is 14.4. The Kier molecular flexibility index (Phi) is 4.37. The lowest BCUT2D eigenvalue weighted by Crippen LogP contribution is -2.26. The van der Waals surface area contributed by atoms with Gasteiger partial charge >= 0.3 is 6.09 Å². The first-order chi connectivity index (χ1) is 11.6. The van der Waals surface area contributed by atoms with Crippen LogP contribution in [-0.4, -0.2) is 36.1 Å². The van der Waals surface area contributed by atoms with Crippen LogP contribution >= 0.6 is 0 Å². The minimum atomic E-state index is -0.541. The molecular formula is C18H18N2O4. The van der Waals surface area contributed by atoms with Crippen molar-refractivity contribution in [3.05, 3.63) is 59.7 Å². The summed E-state index contributed by atoms with van der Waals surface area (Å²) in [5.74, 6) is 0.401. The van der Waals surface area contributed by atoms with Gasteiger partial charge < -0.3 is 14.6 Å². The lowest BCUT2D eigenvalue weighted by Gasteiger charge is -2.21. The Morgan fingerprint density at radius 3 is 2.58 bits per heavy atom. The quantitative estimate of drug-likeness (QED) is 0.939. The third-order valence-corrected chi connectivity index (χ3v) is 3.97. The second-order valence-corrected chi connectivity index (χ2v) is 5.38. The third-order valence-electron chi connectivity index (χ3n) is 3.97. The molecule has 1 aliphatic rings. The Morgan fingerprint density at radius 2 is 1.96 bits per heavy atom. The molecule has 3 rings (SSSR count). The summed E-state index contributed by atoms with van der Waals surface area (Å²) in [6.45, 7) is 0. The van der Waals surface area contributed by atoms with Gasteiger partial charge in [-0.05, 0) is 23.3 Å². The maximum Gasteiger partial charge on any atom is 0.430 e. The van der Waals surface area contributed by atoms with Crippen LogP contribution in [0.15, 0.2) is 53.6 Å². The molecule has 1 amide bonds. The maximum absolute atomic E-state index is 12.1. The zero-order valence-electron chi connectivity index (χ0n) is 13.5. The minimum absolute atomic E-state index is 0.0213. The molecule has 0 bridgehead atoms. The molecule has 1 N–H and O–H groups in total. The van der Waals surface area contributed by atoms with Gasteiger partial charge in [0.05, 0.1) is 26.0 Å². The van der Waals surface area contributed by atoms with E-state index in [9.17, 15) is 9.90 Å². The average molecular weight is 326 g/mol. The first-order valence-corrected chi connectivity index (χ1v) is 7.51. The molecule has 6 heteroatoms. The Labute approximate surface area is 139 Å². The summed E-state index contributed by atoms with van der Waals surface area (Å²) >= 11 is 0. The Morgan fingerprint density at radius 1 is 1.21 bits per heavy atom. The fourth-order valence-corrected chi connectivity index (χ4v) is 2.75. The van der Waals surface area contributed by atoms with E-state index in [1.807, 2.05) is 36.4 Å². The molecule has 0 fully saturated rings. The van der Waals surface area contributed by atoms with E-state index < -0.39 is 6.09 Å². The minimum Gasteiger partial charge on any atom is -0.504 e. The lowest BCUT2D eigenvalue weighted by molar-refractivity contribution is 0.113. The number of hydrogen-bond donors (Lipinski definition) is 1. The number of carbonyl (C=O) groups is 1. The first-order valence-electron chi connectivity index (χ1n) is 7.51. The molecule has 0 aliphatic carbocycles. The van der Waals surface area contributed by atoms with Crippen LogP contribution in [0.2, 0.25) is 0 Å². The predicted octanol–water partition coefficient (Wildman–Crippen LogP) is 3.32. The fourth-order valence-electron chi connectivity index (χ4n) is 2.75. The highest BCUT2D eigenvalue weighted by Crippen LogP contribution is 2.37. The largest absolute Gasteiger partial charge is 0.504 e. The Hall–Kier alpha value is -3.02. The number of carbonyl (C=O) groups excluding carboxylic acids is 1. The highest BCUT2D eigenvalue weighted by Gasteiger charge is 2.34. The molecule has 0 aromatic heterocycles. The van der Waals surface area contributed by atoms with Crippen molar-refractivity contribution in [3.63, 3.8) is 0 Å². The van der Waals surface area contributed by atoms with E-state index in [0.29, 0.717) is 12.2 Å². The number of methoxy groups -OCH3 is 2. The van der Waals surface area contributed by atoms with Gasteiger partial charge in [0.25, 0.3) is 0 Å². The smallest absolute Gasteiger partial charge is 0.430 e. The Bertz CT molecular complexity index is 774. The number of amides is 1. The molecule has 1 unspecified atom stereocenters. The molecule has 1 atom stereocenters. The number of phenols is 1. The summed E-state index contributed by atoms with van der Waals surface area (Å²) in [5, 5.41) is 15.8. The molecule has 0 saturated heterocycles. The van der Waals surface area contributed by atoms with Gasteiger partial charge in [-0.2, -0.15) is 10.1 Å². The maximum atomic E-state index is 12.1. The number of ether oxygens (including phenoxy) is 2. The normalized spacial score (nSPS) is 16.7. The number of rotatable bonds is 3. The number of benzene rings is 2. The average Bonchev–Trinajstić information content (AvgIpc) is 3.07. The van der Waals surface area contributed by atoms with Crippen LogP contribution in [0.4, 0.5) is 4.79 Å². The molecule has 0 radical (unpaired) electrons. The molecule has 0 saturated carbocycles. The van der Waals surface area contributed by atoms with Gasteiger partial charge in [0, 0.05) is 6.42 Å². The number of aromatic hydroxyl groups is 1. The van der Waals surface area contributed by atoms with Crippen LogP contribution in [0.1, 0.15) is 23.6 Å². The highest BCUT2D eigenvalue weighted by atomic mass is 16.5.